The molecule has 1 amide bonds. The Bertz CT molecular complexity index is 697. The summed E-state index contributed by atoms with van der Waals surface area (Å²) in [5, 5.41) is 11.9. The molecule has 0 fully saturated rings. The molecule has 0 aliphatic rings. The van der Waals surface area contributed by atoms with Gasteiger partial charge in [-0.3, -0.25) is 9.59 Å². The zero-order valence-electron chi connectivity index (χ0n) is 28.1. The van der Waals surface area contributed by atoms with Gasteiger partial charge in [0, 0.05) is 12.8 Å². The number of carboxylic acids is 1. The Morgan fingerprint density at radius 1 is 0.651 bits per heavy atom. The monoisotopic (exact) mass is 609 g/mol. The molecule has 4 N–H and O–H groups in total. The molecule has 7 nitrogen and oxygen atoms in total. The van der Waals surface area contributed by atoms with Crippen molar-refractivity contribution in [2.24, 2.45) is 5.73 Å². The number of rotatable bonds is 32. The highest BCUT2D eigenvalue weighted by molar-refractivity contribution is 5.83. The molecule has 0 rings (SSSR count). The number of esters is 1. The van der Waals surface area contributed by atoms with Gasteiger partial charge in [0.05, 0.1) is 0 Å². The van der Waals surface area contributed by atoms with Gasteiger partial charge >= 0.3 is 11.9 Å². The highest BCUT2D eigenvalue weighted by Crippen LogP contribution is 2.17. The Kier molecular flexibility index (Phi) is 30.1. The van der Waals surface area contributed by atoms with Crippen LogP contribution in [0.3, 0.4) is 0 Å². The number of carboxylic acid groups (broad SMARTS) is 1. The molecule has 252 valence electrons. The van der Waals surface area contributed by atoms with Crippen LogP contribution in [0.15, 0.2) is 12.2 Å². The number of carbonyl (C=O) groups is 3. The van der Waals surface area contributed by atoms with Gasteiger partial charge in [-0.1, -0.05) is 103 Å². The number of carbonyl (C=O) groups excluding carboxylic acids is 2. The average molecular weight is 609 g/mol. The van der Waals surface area contributed by atoms with E-state index >= 15 is 0 Å². The lowest BCUT2D eigenvalue weighted by Gasteiger charge is -2.18. The third-order valence-corrected chi connectivity index (χ3v) is 8.08. The molecule has 7 heteroatoms. The molecule has 0 saturated carbocycles. The summed E-state index contributed by atoms with van der Waals surface area (Å²) >= 11 is 0. The summed E-state index contributed by atoms with van der Waals surface area (Å²) in [5.74, 6) is -1.33. The molecular formula is C36H68N2O5. The van der Waals surface area contributed by atoms with Crippen LogP contribution in [0.25, 0.3) is 0 Å². The first kappa shape index (κ1) is 41.1. The summed E-state index contributed by atoms with van der Waals surface area (Å²) in [5.41, 5.74) is 5.45. The number of aliphatic carboxylic acids is 1. The fourth-order valence-electron chi connectivity index (χ4n) is 5.33. The van der Waals surface area contributed by atoms with Gasteiger partial charge in [-0.05, 0) is 83.6 Å². The average Bonchev–Trinajstić information content (AvgIpc) is 2.98. The van der Waals surface area contributed by atoms with Crippen molar-refractivity contribution in [2.45, 2.75) is 193 Å². The summed E-state index contributed by atoms with van der Waals surface area (Å²) in [6.45, 7) is 4.84. The number of nitrogens with one attached hydrogen (secondary N) is 1. The normalized spacial score (nSPS) is 12.8. The zero-order valence-corrected chi connectivity index (χ0v) is 28.1. The van der Waals surface area contributed by atoms with E-state index in [4.69, 9.17) is 10.5 Å². The fourth-order valence-corrected chi connectivity index (χ4v) is 5.33. The Balaban J connectivity index is 3.98. The molecule has 0 spiro atoms. The first-order chi connectivity index (χ1) is 20.9. The zero-order chi connectivity index (χ0) is 31.8. The fraction of sp³-hybridized carbons (Fsp3) is 0.861. The third kappa shape index (κ3) is 28.6. The maximum absolute atomic E-state index is 12.5. The summed E-state index contributed by atoms with van der Waals surface area (Å²) in [7, 11) is 0. The van der Waals surface area contributed by atoms with Gasteiger partial charge in [-0.2, -0.15) is 0 Å². The van der Waals surface area contributed by atoms with E-state index in [9.17, 15) is 19.5 Å². The molecule has 0 radical (unpaired) electrons. The number of allylic oxidation sites excluding steroid dienone is 2. The molecule has 0 aliphatic carbocycles. The molecule has 0 aliphatic heterocycles. The summed E-state index contributed by atoms with van der Waals surface area (Å²) < 4.78 is 5.86. The van der Waals surface area contributed by atoms with E-state index in [1.165, 1.54) is 77.0 Å². The van der Waals surface area contributed by atoms with E-state index < -0.39 is 12.0 Å². The van der Waals surface area contributed by atoms with Crippen molar-refractivity contribution in [2.75, 3.05) is 6.54 Å². The summed E-state index contributed by atoms with van der Waals surface area (Å²) in [6.07, 6.45) is 31.4. The lowest BCUT2D eigenvalue weighted by Crippen LogP contribution is -2.40. The molecule has 2 unspecified atom stereocenters. The van der Waals surface area contributed by atoms with E-state index in [-0.39, 0.29) is 18.0 Å². The number of hydrogen-bond acceptors (Lipinski definition) is 5. The smallest absolute Gasteiger partial charge is 0.326 e. The van der Waals surface area contributed by atoms with E-state index in [1.54, 1.807) is 0 Å². The molecule has 0 aromatic carbocycles. The predicted molar refractivity (Wildman–Crippen MR) is 179 cm³/mol. The standard InChI is InChI=1S/C36H68N2O5/c1-3-5-7-8-9-10-11-12-13-14-15-16-17-18-19-24-30-35(40)43-32(26-21-6-4-2)27-22-20-23-29-34(39)38-33(36(41)42)28-25-31-37/h13-14,32-33H,3-12,15-31,37H2,1-2H3,(H,38,39)(H,41,42)/b14-13-. The van der Waals surface area contributed by atoms with Gasteiger partial charge in [0.15, 0.2) is 0 Å². The first-order valence-corrected chi connectivity index (χ1v) is 18.0. The maximum Gasteiger partial charge on any atom is 0.326 e. The molecule has 0 aromatic rings. The van der Waals surface area contributed by atoms with E-state index in [0.29, 0.717) is 38.6 Å². The molecule has 0 aromatic heterocycles. The second-order valence-corrected chi connectivity index (χ2v) is 12.3. The van der Waals surface area contributed by atoms with Gasteiger partial charge in [0.1, 0.15) is 12.1 Å². The van der Waals surface area contributed by atoms with Gasteiger partial charge in [0.25, 0.3) is 0 Å². The Morgan fingerprint density at radius 2 is 1.14 bits per heavy atom. The van der Waals surface area contributed by atoms with Crippen molar-refractivity contribution in [1.29, 1.82) is 0 Å². The lowest BCUT2D eigenvalue weighted by atomic mass is 10.0. The Hall–Kier alpha value is -1.89. The molecule has 2 atom stereocenters. The highest BCUT2D eigenvalue weighted by atomic mass is 16.5. The number of unbranched alkanes of at least 4 members (excludes halogenated alkanes) is 16. The largest absolute Gasteiger partial charge is 0.480 e. The minimum Gasteiger partial charge on any atom is -0.480 e. The van der Waals surface area contributed by atoms with Gasteiger partial charge in [0.2, 0.25) is 5.91 Å². The first-order valence-electron chi connectivity index (χ1n) is 18.0. The third-order valence-electron chi connectivity index (χ3n) is 8.08. The van der Waals surface area contributed by atoms with Crippen LogP contribution in [-0.4, -0.2) is 41.6 Å². The lowest BCUT2D eigenvalue weighted by molar-refractivity contribution is -0.150. The van der Waals surface area contributed by atoms with Crippen molar-refractivity contribution >= 4 is 17.8 Å². The summed E-state index contributed by atoms with van der Waals surface area (Å²) in [6, 6.07) is -0.870. The van der Waals surface area contributed by atoms with E-state index in [0.717, 1.165) is 57.8 Å². The van der Waals surface area contributed by atoms with Crippen LogP contribution in [0, 0.1) is 0 Å². The van der Waals surface area contributed by atoms with Crippen LogP contribution in [0.1, 0.15) is 181 Å². The second-order valence-electron chi connectivity index (χ2n) is 12.3. The minimum absolute atomic E-state index is 0.0478. The molecule has 0 saturated heterocycles. The Morgan fingerprint density at radius 3 is 1.72 bits per heavy atom. The van der Waals surface area contributed by atoms with Crippen LogP contribution in [0.4, 0.5) is 0 Å². The maximum atomic E-state index is 12.5. The number of nitrogens with two attached hydrogens (primary N) is 1. The van der Waals surface area contributed by atoms with E-state index in [2.05, 4.69) is 31.3 Å². The second kappa shape index (κ2) is 31.5. The summed E-state index contributed by atoms with van der Waals surface area (Å²) in [4.78, 5) is 35.9. The van der Waals surface area contributed by atoms with Crippen molar-refractivity contribution in [3.63, 3.8) is 0 Å². The van der Waals surface area contributed by atoms with Crippen LogP contribution in [0.5, 0.6) is 0 Å². The van der Waals surface area contributed by atoms with Crippen LogP contribution in [0.2, 0.25) is 0 Å². The van der Waals surface area contributed by atoms with Crippen LogP contribution < -0.4 is 11.1 Å². The SMILES string of the molecule is CCCCCCCCC/C=C\CCCCCCCC(=O)OC(CCCCC)CCCCCC(=O)NC(CCCN)C(=O)O. The highest BCUT2D eigenvalue weighted by Gasteiger charge is 2.19. The minimum atomic E-state index is -1.02. The van der Waals surface area contributed by atoms with Gasteiger partial charge in [-0.15, -0.1) is 0 Å². The van der Waals surface area contributed by atoms with Crippen molar-refractivity contribution in [1.82, 2.24) is 5.32 Å². The molecule has 0 bridgehead atoms. The predicted octanol–water partition coefficient (Wildman–Crippen LogP) is 9.16. The molecule has 0 heterocycles. The number of hydrogen-bond donors (Lipinski definition) is 3. The van der Waals surface area contributed by atoms with E-state index in [1.807, 2.05) is 0 Å². The van der Waals surface area contributed by atoms with Crippen molar-refractivity contribution < 1.29 is 24.2 Å². The quantitative estimate of drug-likeness (QED) is 0.0398. The molecular weight excluding hydrogens is 540 g/mol. The van der Waals surface area contributed by atoms with Crippen molar-refractivity contribution in [3.05, 3.63) is 12.2 Å². The number of amides is 1. The topological polar surface area (TPSA) is 119 Å². The molecule has 43 heavy (non-hydrogen) atoms. The van der Waals surface area contributed by atoms with Crippen molar-refractivity contribution in [3.8, 4) is 0 Å². The number of ether oxygens (including phenoxy) is 1. The Labute approximate surface area is 264 Å². The van der Waals surface area contributed by atoms with Gasteiger partial charge < -0.3 is 20.9 Å². The van der Waals surface area contributed by atoms with Gasteiger partial charge in [-0.25, -0.2) is 4.79 Å². The van der Waals surface area contributed by atoms with Crippen LogP contribution in [-0.2, 0) is 19.1 Å². The van der Waals surface area contributed by atoms with Crippen LogP contribution >= 0.6 is 0 Å².